The summed E-state index contributed by atoms with van der Waals surface area (Å²) < 4.78 is 11.9. The van der Waals surface area contributed by atoms with Crippen molar-refractivity contribution in [3.05, 3.63) is 58.1 Å². The summed E-state index contributed by atoms with van der Waals surface area (Å²) in [4.78, 5) is 0. The third kappa shape index (κ3) is 5.88. The Morgan fingerprint density at radius 3 is 2.70 bits per heavy atom. The first-order chi connectivity index (χ1) is 11.2. The second kappa shape index (κ2) is 9.58. The number of benzene rings is 2. The van der Waals surface area contributed by atoms with Crippen molar-refractivity contribution in [3.63, 3.8) is 0 Å². The Kier molecular flexibility index (Phi) is 7.43. The maximum absolute atomic E-state index is 5.66. The fourth-order valence-electron chi connectivity index (χ4n) is 2.30. The molecule has 0 aromatic heterocycles. The topological polar surface area (TPSA) is 30.5 Å². The zero-order valence-corrected chi connectivity index (χ0v) is 15.4. The van der Waals surface area contributed by atoms with Crippen LogP contribution in [0.3, 0.4) is 0 Å². The Bertz CT molecular complexity index is 616. The molecule has 0 aliphatic rings. The van der Waals surface area contributed by atoms with Gasteiger partial charge in [0.15, 0.2) is 0 Å². The molecule has 0 heterocycles. The Labute approximate surface area is 147 Å². The Balaban J connectivity index is 1.78. The van der Waals surface area contributed by atoms with Gasteiger partial charge in [0.25, 0.3) is 0 Å². The SMILES string of the molecule is CCCOc1cccc(CNCCc2ccc(OC)c(Br)c2)c1. The molecule has 0 unspecified atom stereocenters. The normalized spacial score (nSPS) is 10.6. The van der Waals surface area contributed by atoms with E-state index in [1.165, 1.54) is 11.1 Å². The van der Waals surface area contributed by atoms with Gasteiger partial charge in [-0.05, 0) is 70.7 Å². The van der Waals surface area contributed by atoms with Crippen LogP contribution in [-0.2, 0) is 13.0 Å². The van der Waals surface area contributed by atoms with Crippen LogP contribution in [-0.4, -0.2) is 20.3 Å². The highest BCUT2D eigenvalue weighted by Crippen LogP contribution is 2.25. The van der Waals surface area contributed by atoms with E-state index in [-0.39, 0.29) is 0 Å². The van der Waals surface area contributed by atoms with Crippen molar-refractivity contribution in [3.8, 4) is 11.5 Å². The predicted molar refractivity (Wildman–Crippen MR) is 98.3 cm³/mol. The molecule has 0 saturated heterocycles. The second-order valence-electron chi connectivity index (χ2n) is 5.39. The third-order valence-corrected chi connectivity index (χ3v) is 4.13. The van der Waals surface area contributed by atoms with Gasteiger partial charge in [-0.25, -0.2) is 0 Å². The molecule has 0 aliphatic carbocycles. The summed E-state index contributed by atoms with van der Waals surface area (Å²) in [5.74, 6) is 1.82. The summed E-state index contributed by atoms with van der Waals surface area (Å²) in [5, 5.41) is 3.48. The van der Waals surface area contributed by atoms with Crippen LogP contribution >= 0.6 is 15.9 Å². The molecule has 4 heteroatoms. The minimum Gasteiger partial charge on any atom is -0.496 e. The average molecular weight is 378 g/mol. The lowest BCUT2D eigenvalue weighted by Crippen LogP contribution is -2.16. The van der Waals surface area contributed by atoms with Crippen molar-refractivity contribution >= 4 is 15.9 Å². The van der Waals surface area contributed by atoms with Gasteiger partial charge in [-0.2, -0.15) is 0 Å². The van der Waals surface area contributed by atoms with Crippen molar-refractivity contribution in [2.75, 3.05) is 20.3 Å². The zero-order valence-electron chi connectivity index (χ0n) is 13.8. The number of ether oxygens (including phenoxy) is 2. The first kappa shape index (κ1) is 17.8. The molecule has 0 aliphatic heterocycles. The molecular weight excluding hydrogens is 354 g/mol. The van der Waals surface area contributed by atoms with E-state index < -0.39 is 0 Å². The van der Waals surface area contributed by atoms with E-state index in [0.29, 0.717) is 0 Å². The summed E-state index contributed by atoms with van der Waals surface area (Å²) in [6.45, 7) is 4.66. The van der Waals surface area contributed by atoms with Crippen molar-refractivity contribution < 1.29 is 9.47 Å². The van der Waals surface area contributed by atoms with Crippen molar-refractivity contribution in [2.24, 2.45) is 0 Å². The van der Waals surface area contributed by atoms with Crippen molar-refractivity contribution in [1.82, 2.24) is 5.32 Å². The molecule has 0 saturated carbocycles. The summed E-state index contributed by atoms with van der Waals surface area (Å²) >= 11 is 3.52. The maximum atomic E-state index is 5.66. The van der Waals surface area contributed by atoms with Crippen LogP contribution in [0.15, 0.2) is 46.9 Å². The van der Waals surface area contributed by atoms with Gasteiger partial charge in [0, 0.05) is 6.54 Å². The van der Waals surface area contributed by atoms with Crippen LogP contribution in [0.25, 0.3) is 0 Å². The Morgan fingerprint density at radius 2 is 1.96 bits per heavy atom. The van der Waals surface area contributed by atoms with Gasteiger partial charge < -0.3 is 14.8 Å². The number of hydrogen-bond donors (Lipinski definition) is 1. The number of nitrogens with one attached hydrogen (secondary N) is 1. The van der Waals surface area contributed by atoms with E-state index in [1.54, 1.807) is 7.11 Å². The summed E-state index contributed by atoms with van der Waals surface area (Å²) in [5.41, 5.74) is 2.53. The number of methoxy groups -OCH3 is 1. The molecule has 0 amide bonds. The molecule has 3 nitrogen and oxygen atoms in total. The van der Waals surface area contributed by atoms with E-state index in [9.17, 15) is 0 Å². The predicted octanol–water partition coefficient (Wildman–Crippen LogP) is 4.58. The molecule has 124 valence electrons. The van der Waals surface area contributed by atoms with Gasteiger partial charge in [-0.1, -0.05) is 25.1 Å². The average Bonchev–Trinajstić information content (AvgIpc) is 2.57. The molecule has 2 rings (SSSR count). The lowest BCUT2D eigenvalue weighted by atomic mass is 10.1. The largest absolute Gasteiger partial charge is 0.496 e. The molecule has 2 aromatic rings. The second-order valence-corrected chi connectivity index (χ2v) is 6.25. The summed E-state index contributed by atoms with van der Waals surface area (Å²) in [6, 6.07) is 14.5. The summed E-state index contributed by atoms with van der Waals surface area (Å²) in [7, 11) is 1.68. The number of hydrogen-bond acceptors (Lipinski definition) is 3. The molecule has 0 radical (unpaired) electrons. The van der Waals surface area contributed by atoms with Gasteiger partial charge in [0.2, 0.25) is 0 Å². The Morgan fingerprint density at radius 1 is 1.09 bits per heavy atom. The number of rotatable bonds is 9. The van der Waals surface area contributed by atoms with E-state index in [1.807, 2.05) is 18.2 Å². The molecule has 0 atom stereocenters. The highest BCUT2D eigenvalue weighted by molar-refractivity contribution is 9.10. The van der Waals surface area contributed by atoms with Gasteiger partial charge in [-0.15, -0.1) is 0 Å². The Hall–Kier alpha value is -1.52. The minimum absolute atomic E-state index is 0.767. The van der Waals surface area contributed by atoms with Crippen molar-refractivity contribution in [2.45, 2.75) is 26.3 Å². The van der Waals surface area contributed by atoms with Gasteiger partial charge in [0.1, 0.15) is 11.5 Å². The van der Waals surface area contributed by atoms with Gasteiger partial charge in [-0.3, -0.25) is 0 Å². The molecular formula is C19H24BrNO2. The molecule has 0 bridgehead atoms. The maximum Gasteiger partial charge on any atom is 0.133 e. The van der Waals surface area contributed by atoms with E-state index in [2.05, 4.69) is 52.4 Å². The lowest BCUT2D eigenvalue weighted by Gasteiger charge is -2.09. The zero-order chi connectivity index (χ0) is 16.5. The van der Waals surface area contributed by atoms with Crippen LogP contribution < -0.4 is 14.8 Å². The highest BCUT2D eigenvalue weighted by atomic mass is 79.9. The molecule has 1 N–H and O–H groups in total. The third-order valence-electron chi connectivity index (χ3n) is 3.51. The fraction of sp³-hybridized carbons (Fsp3) is 0.368. The van der Waals surface area contributed by atoms with Crippen LogP contribution in [0.2, 0.25) is 0 Å². The van der Waals surface area contributed by atoms with Crippen LogP contribution in [0.1, 0.15) is 24.5 Å². The molecule has 23 heavy (non-hydrogen) atoms. The summed E-state index contributed by atoms with van der Waals surface area (Å²) in [6.07, 6.45) is 2.01. The minimum atomic E-state index is 0.767. The molecule has 2 aromatic carbocycles. The van der Waals surface area contributed by atoms with Crippen LogP contribution in [0.4, 0.5) is 0 Å². The smallest absolute Gasteiger partial charge is 0.133 e. The first-order valence-electron chi connectivity index (χ1n) is 7.97. The highest BCUT2D eigenvalue weighted by Gasteiger charge is 2.02. The van der Waals surface area contributed by atoms with Crippen LogP contribution in [0.5, 0.6) is 11.5 Å². The van der Waals surface area contributed by atoms with Crippen LogP contribution in [0, 0.1) is 0 Å². The standard InChI is InChI=1S/C19H24BrNO2/c1-3-11-23-17-6-4-5-16(12-17)14-21-10-9-15-7-8-19(22-2)18(20)13-15/h4-8,12-13,21H,3,9-11,14H2,1-2H3. The molecule has 0 spiro atoms. The number of halogens is 1. The van der Waals surface area contributed by atoms with E-state index >= 15 is 0 Å². The quantitative estimate of drug-likeness (QED) is 0.648. The van der Waals surface area contributed by atoms with E-state index in [0.717, 1.165) is 48.5 Å². The van der Waals surface area contributed by atoms with Crippen molar-refractivity contribution in [1.29, 1.82) is 0 Å². The lowest BCUT2D eigenvalue weighted by molar-refractivity contribution is 0.317. The monoisotopic (exact) mass is 377 g/mol. The van der Waals surface area contributed by atoms with Gasteiger partial charge in [0.05, 0.1) is 18.2 Å². The van der Waals surface area contributed by atoms with E-state index in [4.69, 9.17) is 9.47 Å². The first-order valence-corrected chi connectivity index (χ1v) is 8.77. The fourth-order valence-corrected chi connectivity index (χ4v) is 2.88. The van der Waals surface area contributed by atoms with Gasteiger partial charge >= 0.3 is 0 Å². The molecule has 0 fully saturated rings.